The molecule has 0 spiro atoms. The number of benzene rings is 1. The van der Waals surface area contributed by atoms with Crippen molar-refractivity contribution in [3.63, 3.8) is 0 Å². The normalized spacial score (nSPS) is 23.8. The zero-order chi connectivity index (χ0) is 42.0. The molecule has 1 saturated carbocycles. The molecule has 14 nitrogen and oxygen atoms in total. The van der Waals surface area contributed by atoms with E-state index in [1.54, 1.807) is 52.4 Å². The van der Waals surface area contributed by atoms with Gasteiger partial charge in [-0.1, -0.05) is 44.2 Å². The average Bonchev–Trinajstić information content (AvgIpc) is 3.83. The van der Waals surface area contributed by atoms with Crippen molar-refractivity contribution in [1.29, 1.82) is 0 Å². The number of carbonyl (C=O) groups is 4. The van der Waals surface area contributed by atoms with E-state index in [1.807, 2.05) is 25.7 Å². The first-order chi connectivity index (χ1) is 28.2. The standard InChI is InChI=1S/C42H55F3N8O6/c1-25(2)36(49-41(57)58-4)39(55)53-26(3)5-14-34(53)37-46-24-33(48-37)28-8-6-27(7-9-28)32-13-12-30(23-35(32)59-42(43,44)45)47-40(56)52-21-19-50(20-22-52)31-15-17-51(18-16-31)38(54)29-10-11-29/h6-9,12-13,24-26,29,31,34-36H,5,10-11,14-23H2,1-4H3,(H,46,48)(H,47,56)(H,49,57)/t26-,34-,35?,36-/m0/s1. The number of halogens is 3. The van der Waals surface area contributed by atoms with Gasteiger partial charge in [0.1, 0.15) is 11.9 Å². The monoisotopic (exact) mass is 824 g/mol. The summed E-state index contributed by atoms with van der Waals surface area (Å²) in [6.07, 6.45) is 3.04. The Morgan fingerprint density at radius 3 is 2.19 bits per heavy atom. The lowest BCUT2D eigenvalue weighted by molar-refractivity contribution is -0.334. The molecule has 3 aliphatic heterocycles. The topological polar surface area (TPSA) is 152 Å². The van der Waals surface area contributed by atoms with Crippen LogP contribution in [-0.2, 0) is 19.1 Å². The maximum Gasteiger partial charge on any atom is 0.523 e. The number of amides is 5. The number of imidazole rings is 1. The van der Waals surface area contributed by atoms with Crippen LogP contribution in [0.15, 0.2) is 48.3 Å². The van der Waals surface area contributed by atoms with Crippen LogP contribution in [0.5, 0.6) is 0 Å². The number of aromatic amines is 1. The van der Waals surface area contributed by atoms with Crippen molar-refractivity contribution in [1.82, 2.24) is 40.2 Å². The Morgan fingerprint density at radius 1 is 0.881 bits per heavy atom. The number of alkyl halides is 3. The smallest absolute Gasteiger partial charge is 0.453 e. The van der Waals surface area contributed by atoms with Crippen LogP contribution in [0.3, 0.4) is 0 Å². The second-order valence-electron chi connectivity index (χ2n) is 16.6. The molecule has 1 aromatic carbocycles. The molecule has 3 N–H and O–H groups in total. The van der Waals surface area contributed by atoms with Gasteiger partial charge in [0, 0.05) is 81.1 Å². The number of urea groups is 1. The molecule has 5 aliphatic rings. The van der Waals surface area contributed by atoms with Crippen LogP contribution >= 0.6 is 0 Å². The molecule has 320 valence electrons. The average molecular weight is 825 g/mol. The highest BCUT2D eigenvalue weighted by atomic mass is 19.4. The predicted octanol–water partition coefficient (Wildman–Crippen LogP) is 5.81. The number of nitrogens with one attached hydrogen (secondary N) is 3. The van der Waals surface area contributed by atoms with Crippen LogP contribution in [0.1, 0.15) is 83.1 Å². The second-order valence-corrected chi connectivity index (χ2v) is 16.6. The van der Waals surface area contributed by atoms with E-state index in [2.05, 4.69) is 25.3 Å². The summed E-state index contributed by atoms with van der Waals surface area (Å²) in [6, 6.07) is 5.78. The first-order valence-electron chi connectivity index (χ1n) is 20.8. The van der Waals surface area contributed by atoms with Gasteiger partial charge in [-0.05, 0) is 68.6 Å². The predicted molar refractivity (Wildman–Crippen MR) is 212 cm³/mol. The summed E-state index contributed by atoms with van der Waals surface area (Å²) in [5.74, 6) is 0.706. The molecule has 0 radical (unpaired) electrons. The maximum atomic E-state index is 13.7. The number of H-pyrrole nitrogens is 1. The van der Waals surface area contributed by atoms with E-state index in [4.69, 9.17) is 9.72 Å². The Labute approximate surface area is 342 Å². The third kappa shape index (κ3) is 9.94. The number of aromatic nitrogens is 2. The first kappa shape index (κ1) is 42.2. The van der Waals surface area contributed by atoms with Gasteiger partial charge in [-0.3, -0.25) is 19.2 Å². The minimum atomic E-state index is -4.91. The molecule has 7 rings (SSSR count). The summed E-state index contributed by atoms with van der Waals surface area (Å²) in [5, 5.41) is 5.49. The van der Waals surface area contributed by atoms with Crippen molar-refractivity contribution in [2.24, 2.45) is 11.8 Å². The summed E-state index contributed by atoms with van der Waals surface area (Å²) in [5.41, 5.74) is 2.50. The maximum absolute atomic E-state index is 13.7. The van der Waals surface area contributed by atoms with Crippen molar-refractivity contribution in [2.45, 2.75) is 102 Å². The largest absolute Gasteiger partial charge is 0.523 e. The number of allylic oxidation sites excluding steroid dienone is 2. The van der Waals surface area contributed by atoms with E-state index < -0.39 is 24.6 Å². The molecular weight excluding hydrogens is 770 g/mol. The van der Waals surface area contributed by atoms with Crippen LogP contribution in [0.4, 0.5) is 22.8 Å². The van der Waals surface area contributed by atoms with E-state index in [9.17, 15) is 32.3 Å². The van der Waals surface area contributed by atoms with Crippen LogP contribution in [0, 0.1) is 11.8 Å². The van der Waals surface area contributed by atoms with Crippen molar-refractivity contribution in [3.05, 3.63) is 59.7 Å². The fourth-order valence-electron chi connectivity index (χ4n) is 8.84. The fraction of sp³-hybridized carbons (Fsp3) is 0.595. The molecule has 1 unspecified atom stereocenters. The van der Waals surface area contributed by atoms with Crippen molar-refractivity contribution in [2.75, 3.05) is 46.4 Å². The summed E-state index contributed by atoms with van der Waals surface area (Å²) in [7, 11) is 1.25. The van der Waals surface area contributed by atoms with E-state index in [0.717, 1.165) is 50.8 Å². The Kier molecular flexibility index (Phi) is 12.7. The molecule has 4 fully saturated rings. The number of methoxy groups -OCH3 is 1. The number of piperidine rings is 1. The third-order valence-electron chi connectivity index (χ3n) is 12.3. The van der Waals surface area contributed by atoms with Gasteiger partial charge in [-0.25, -0.2) is 14.6 Å². The highest BCUT2D eigenvalue weighted by Crippen LogP contribution is 2.38. The van der Waals surface area contributed by atoms with E-state index in [1.165, 1.54) is 7.11 Å². The Balaban J connectivity index is 0.975. The molecule has 2 aromatic rings. The number of alkyl carbamates (subject to hydrolysis) is 1. The summed E-state index contributed by atoms with van der Waals surface area (Å²) >= 11 is 0. The number of ether oxygens (including phenoxy) is 2. The number of carbonyl (C=O) groups excluding carboxylic acids is 4. The number of likely N-dealkylation sites (tertiary alicyclic amines) is 2. The number of nitrogens with zero attached hydrogens (tertiary/aromatic N) is 5. The van der Waals surface area contributed by atoms with Crippen molar-refractivity contribution < 1.29 is 41.8 Å². The molecule has 59 heavy (non-hydrogen) atoms. The minimum absolute atomic E-state index is 0.0832. The van der Waals surface area contributed by atoms with Gasteiger partial charge in [0.25, 0.3) is 0 Å². The summed E-state index contributed by atoms with van der Waals surface area (Å²) in [6.45, 7) is 9.59. The Bertz CT molecular complexity index is 1910. The van der Waals surface area contributed by atoms with Gasteiger partial charge >= 0.3 is 18.5 Å². The molecule has 0 bridgehead atoms. The number of piperazine rings is 1. The Morgan fingerprint density at radius 2 is 1.56 bits per heavy atom. The fourth-order valence-corrected chi connectivity index (χ4v) is 8.84. The zero-order valence-corrected chi connectivity index (χ0v) is 34.1. The summed E-state index contributed by atoms with van der Waals surface area (Å²) < 4.78 is 50.5. The van der Waals surface area contributed by atoms with E-state index in [-0.39, 0.29) is 48.2 Å². The molecule has 4 atom stereocenters. The Hall–Kier alpha value is -4.90. The van der Waals surface area contributed by atoms with Crippen LogP contribution in [0.2, 0.25) is 0 Å². The quantitative estimate of drug-likeness (QED) is 0.272. The molecule has 3 saturated heterocycles. The van der Waals surface area contributed by atoms with Gasteiger partial charge in [-0.2, -0.15) is 0 Å². The van der Waals surface area contributed by atoms with Gasteiger partial charge < -0.3 is 35.1 Å². The lowest BCUT2D eigenvalue weighted by Crippen LogP contribution is -2.56. The van der Waals surface area contributed by atoms with Gasteiger partial charge in [0.05, 0.1) is 24.9 Å². The second kappa shape index (κ2) is 17.8. The molecular formula is C42H55F3N8O6. The lowest BCUT2D eigenvalue weighted by atomic mass is 9.92. The van der Waals surface area contributed by atoms with Crippen LogP contribution in [-0.4, -0.2) is 130 Å². The number of hydrogen-bond donors (Lipinski definition) is 3. The molecule has 1 aromatic heterocycles. The first-order valence-corrected chi connectivity index (χ1v) is 20.8. The number of rotatable bonds is 10. The SMILES string of the molecule is COC(=O)N[C@H](C(=O)N1[C@@H](C)CC[C@H]1c1nc(-c2ccc(C3=CC=C(NC(=O)N4CCN(C5CCN(C(=O)C6CC6)CC5)CC4)CC3OC(F)(F)F)cc2)c[nH]1)C(C)C. The van der Waals surface area contributed by atoms with Crippen molar-refractivity contribution in [3.8, 4) is 11.3 Å². The molecule has 5 amide bonds. The highest BCUT2D eigenvalue weighted by Gasteiger charge is 2.42. The van der Waals surface area contributed by atoms with E-state index in [0.29, 0.717) is 67.0 Å². The minimum Gasteiger partial charge on any atom is -0.453 e. The molecule has 17 heteroatoms. The highest BCUT2D eigenvalue weighted by molar-refractivity contribution is 5.87. The third-order valence-corrected chi connectivity index (χ3v) is 12.3. The van der Waals surface area contributed by atoms with Gasteiger partial charge in [0.2, 0.25) is 11.8 Å². The van der Waals surface area contributed by atoms with Gasteiger partial charge in [-0.15, -0.1) is 13.2 Å². The van der Waals surface area contributed by atoms with Crippen LogP contribution < -0.4 is 10.6 Å². The van der Waals surface area contributed by atoms with Crippen molar-refractivity contribution >= 4 is 29.5 Å². The van der Waals surface area contributed by atoms with Gasteiger partial charge in [0.15, 0.2) is 0 Å². The molecule has 4 heterocycles. The number of hydrogen-bond acceptors (Lipinski definition) is 8. The summed E-state index contributed by atoms with van der Waals surface area (Å²) in [4.78, 5) is 67.4. The zero-order valence-electron chi connectivity index (χ0n) is 34.1. The van der Waals surface area contributed by atoms with E-state index >= 15 is 0 Å². The van der Waals surface area contributed by atoms with Crippen LogP contribution in [0.25, 0.3) is 16.8 Å². The lowest BCUT2D eigenvalue weighted by Gasteiger charge is -2.42. The molecule has 2 aliphatic carbocycles.